The van der Waals surface area contributed by atoms with Crippen LogP contribution < -0.4 is 0 Å². The second-order valence-corrected chi connectivity index (χ2v) is 7.86. The molecule has 28 heavy (non-hydrogen) atoms. The van der Waals surface area contributed by atoms with Crippen molar-refractivity contribution in [2.24, 2.45) is 0 Å². The van der Waals surface area contributed by atoms with E-state index in [1.165, 1.54) is 4.90 Å². The molecule has 6 nitrogen and oxygen atoms in total. The fraction of sp³-hybridized carbons (Fsp3) is 0.286. The van der Waals surface area contributed by atoms with Gasteiger partial charge in [0.15, 0.2) is 0 Å². The summed E-state index contributed by atoms with van der Waals surface area (Å²) in [6, 6.07) is 9.90. The number of aliphatic hydroxyl groups excluding tert-OH is 1. The molecule has 0 aliphatic carbocycles. The number of hydrogen-bond donors (Lipinski definition) is 1. The van der Waals surface area contributed by atoms with E-state index in [0.29, 0.717) is 17.7 Å². The van der Waals surface area contributed by atoms with Crippen LogP contribution in [0.5, 0.6) is 0 Å². The van der Waals surface area contributed by atoms with Crippen molar-refractivity contribution < 1.29 is 14.7 Å². The maximum Gasteiger partial charge on any atom is 0.295 e. The highest BCUT2D eigenvalue weighted by atomic mass is 79.9. The molecule has 1 aliphatic heterocycles. The summed E-state index contributed by atoms with van der Waals surface area (Å²) >= 11 is 3.36. The number of pyridine rings is 1. The molecule has 146 valence electrons. The number of nitrogens with zero attached hydrogens (tertiary/aromatic N) is 3. The van der Waals surface area contributed by atoms with Gasteiger partial charge in [0, 0.05) is 29.0 Å². The van der Waals surface area contributed by atoms with Crippen LogP contribution >= 0.6 is 15.9 Å². The van der Waals surface area contributed by atoms with Gasteiger partial charge in [-0.15, -0.1) is 0 Å². The van der Waals surface area contributed by atoms with Crippen LogP contribution in [0, 0.1) is 0 Å². The Morgan fingerprint density at radius 1 is 1.21 bits per heavy atom. The first kappa shape index (κ1) is 20.2. The molecule has 1 amide bonds. The molecule has 1 aromatic carbocycles. The highest BCUT2D eigenvalue weighted by Gasteiger charge is 2.45. The van der Waals surface area contributed by atoms with Gasteiger partial charge in [-0.1, -0.05) is 34.1 Å². The largest absolute Gasteiger partial charge is 0.507 e. The Bertz CT molecular complexity index is 895. The number of aliphatic hydroxyl groups is 1. The second kappa shape index (κ2) is 8.67. The average Bonchev–Trinajstić information content (AvgIpc) is 2.93. The SMILES string of the molecule is CN(C)CCCN1C(=O)C(=O)/C(=C(/O)c2ccc(Br)cc2)C1c1cccnc1. The zero-order chi connectivity index (χ0) is 20.3. The number of amides is 1. The lowest BCUT2D eigenvalue weighted by molar-refractivity contribution is -0.139. The van der Waals surface area contributed by atoms with E-state index in [4.69, 9.17) is 0 Å². The Hall–Kier alpha value is -2.51. The molecule has 1 N–H and O–H groups in total. The maximum absolute atomic E-state index is 12.8. The number of aromatic nitrogens is 1. The molecule has 0 spiro atoms. The van der Waals surface area contributed by atoms with Crippen molar-refractivity contribution in [3.8, 4) is 0 Å². The average molecular weight is 444 g/mol. The molecule has 2 aromatic rings. The predicted molar refractivity (Wildman–Crippen MR) is 111 cm³/mol. The van der Waals surface area contributed by atoms with Crippen molar-refractivity contribution in [2.75, 3.05) is 27.2 Å². The summed E-state index contributed by atoms with van der Waals surface area (Å²) in [7, 11) is 3.92. The van der Waals surface area contributed by atoms with E-state index in [2.05, 4.69) is 20.9 Å². The molecular formula is C21H22BrN3O3. The van der Waals surface area contributed by atoms with Crippen LogP contribution in [-0.2, 0) is 9.59 Å². The van der Waals surface area contributed by atoms with Crippen molar-refractivity contribution >= 4 is 33.4 Å². The summed E-state index contributed by atoms with van der Waals surface area (Å²) in [6.07, 6.45) is 3.98. The summed E-state index contributed by atoms with van der Waals surface area (Å²) in [6.45, 7) is 1.20. The van der Waals surface area contributed by atoms with Gasteiger partial charge in [0.25, 0.3) is 11.7 Å². The first-order valence-corrected chi connectivity index (χ1v) is 9.78. The third-order valence-electron chi connectivity index (χ3n) is 4.66. The Morgan fingerprint density at radius 3 is 2.54 bits per heavy atom. The van der Waals surface area contributed by atoms with Gasteiger partial charge in [-0.3, -0.25) is 14.6 Å². The number of halogens is 1. The summed E-state index contributed by atoms with van der Waals surface area (Å²) < 4.78 is 0.858. The molecule has 7 heteroatoms. The summed E-state index contributed by atoms with van der Waals surface area (Å²) in [4.78, 5) is 33.3. The molecule has 0 saturated carbocycles. The fourth-order valence-electron chi connectivity index (χ4n) is 3.32. The number of ketones is 1. The van der Waals surface area contributed by atoms with Crippen LogP contribution in [0.4, 0.5) is 0 Å². The van der Waals surface area contributed by atoms with Crippen molar-refractivity contribution in [2.45, 2.75) is 12.5 Å². The van der Waals surface area contributed by atoms with Gasteiger partial charge < -0.3 is 14.9 Å². The van der Waals surface area contributed by atoms with E-state index in [1.807, 2.05) is 25.1 Å². The number of carbonyl (C=O) groups excluding carboxylic acids is 2. The van der Waals surface area contributed by atoms with Gasteiger partial charge in [0.2, 0.25) is 0 Å². The van der Waals surface area contributed by atoms with E-state index in [9.17, 15) is 14.7 Å². The number of Topliss-reactive ketones (excluding diaryl/α,β-unsaturated/α-hetero) is 1. The molecule has 1 fully saturated rings. The van der Waals surface area contributed by atoms with Gasteiger partial charge in [0.05, 0.1) is 11.6 Å². The number of rotatable bonds is 6. The minimum atomic E-state index is -0.667. The highest BCUT2D eigenvalue weighted by molar-refractivity contribution is 9.10. The van der Waals surface area contributed by atoms with E-state index >= 15 is 0 Å². The fourth-order valence-corrected chi connectivity index (χ4v) is 3.58. The molecule has 1 aliphatic rings. The Morgan fingerprint density at radius 2 is 1.93 bits per heavy atom. The maximum atomic E-state index is 12.8. The van der Waals surface area contributed by atoms with Crippen LogP contribution in [0.15, 0.2) is 58.8 Å². The highest BCUT2D eigenvalue weighted by Crippen LogP contribution is 2.39. The number of benzene rings is 1. The minimum Gasteiger partial charge on any atom is -0.507 e. The standard InChI is InChI=1S/C21H22BrN3O3/c1-24(2)11-4-12-25-18(15-5-3-10-23-13-15)17(20(27)21(25)28)19(26)14-6-8-16(22)9-7-14/h3,5-10,13,18,26H,4,11-12H2,1-2H3/b19-17+. The van der Waals surface area contributed by atoms with Gasteiger partial charge in [-0.2, -0.15) is 0 Å². The zero-order valence-electron chi connectivity index (χ0n) is 15.8. The van der Waals surface area contributed by atoms with Crippen LogP contribution in [0.2, 0.25) is 0 Å². The molecule has 2 heterocycles. The smallest absolute Gasteiger partial charge is 0.295 e. The van der Waals surface area contributed by atoms with Crippen molar-refractivity contribution in [1.82, 2.24) is 14.8 Å². The molecule has 1 atom stereocenters. The van der Waals surface area contributed by atoms with Crippen LogP contribution in [-0.4, -0.2) is 58.8 Å². The van der Waals surface area contributed by atoms with Gasteiger partial charge in [-0.05, 0) is 50.8 Å². The van der Waals surface area contributed by atoms with Crippen molar-refractivity contribution in [3.05, 3.63) is 70.0 Å². The molecular weight excluding hydrogens is 422 g/mol. The van der Waals surface area contributed by atoms with Gasteiger partial charge in [-0.25, -0.2) is 0 Å². The first-order chi connectivity index (χ1) is 13.4. The quantitative estimate of drug-likeness (QED) is 0.421. The molecule has 3 rings (SSSR count). The number of hydrogen-bond acceptors (Lipinski definition) is 5. The minimum absolute atomic E-state index is 0.102. The third-order valence-corrected chi connectivity index (χ3v) is 5.19. The summed E-state index contributed by atoms with van der Waals surface area (Å²) in [5.74, 6) is -1.43. The van der Waals surface area contributed by atoms with E-state index in [0.717, 1.165) is 17.4 Å². The second-order valence-electron chi connectivity index (χ2n) is 6.94. The molecule has 0 radical (unpaired) electrons. The van der Waals surface area contributed by atoms with Gasteiger partial charge in [0.1, 0.15) is 5.76 Å². The van der Waals surface area contributed by atoms with E-state index in [1.54, 1.807) is 42.7 Å². The summed E-state index contributed by atoms with van der Waals surface area (Å²) in [5, 5.41) is 10.9. The van der Waals surface area contributed by atoms with Crippen LogP contribution in [0.3, 0.4) is 0 Å². The van der Waals surface area contributed by atoms with Crippen LogP contribution in [0.1, 0.15) is 23.6 Å². The normalized spacial score (nSPS) is 18.9. The lowest BCUT2D eigenvalue weighted by atomic mass is 9.96. The number of carbonyl (C=O) groups is 2. The molecule has 0 bridgehead atoms. The zero-order valence-corrected chi connectivity index (χ0v) is 17.4. The lowest BCUT2D eigenvalue weighted by Gasteiger charge is -2.25. The predicted octanol–water partition coefficient (Wildman–Crippen LogP) is 3.22. The van der Waals surface area contributed by atoms with Gasteiger partial charge >= 0.3 is 0 Å². The molecule has 1 unspecified atom stereocenters. The topological polar surface area (TPSA) is 73.7 Å². The monoisotopic (exact) mass is 443 g/mol. The molecule has 1 aromatic heterocycles. The van der Waals surface area contributed by atoms with E-state index < -0.39 is 17.7 Å². The Balaban J connectivity index is 2.06. The van der Waals surface area contributed by atoms with Crippen molar-refractivity contribution in [3.63, 3.8) is 0 Å². The third kappa shape index (κ3) is 4.15. The molecule has 1 saturated heterocycles. The first-order valence-electron chi connectivity index (χ1n) is 8.99. The number of likely N-dealkylation sites (tertiary alicyclic amines) is 1. The van der Waals surface area contributed by atoms with Crippen molar-refractivity contribution in [1.29, 1.82) is 0 Å². The summed E-state index contributed by atoms with van der Waals surface area (Å²) in [5.41, 5.74) is 1.29. The van der Waals surface area contributed by atoms with Crippen LogP contribution in [0.25, 0.3) is 5.76 Å². The Labute approximate surface area is 172 Å². The Kier molecular flexibility index (Phi) is 6.26. The van der Waals surface area contributed by atoms with E-state index in [-0.39, 0.29) is 11.3 Å². The lowest BCUT2D eigenvalue weighted by Crippen LogP contribution is -2.32.